The van der Waals surface area contributed by atoms with Crippen LogP contribution in [0.1, 0.15) is 26.5 Å². The van der Waals surface area contributed by atoms with Crippen molar-refractivity contribution < 1.29 is 14.3 Å². The maximum absolute atomic E-state index is 12.8. The second kappa shape index (κ2) is 9.85. The first-order valence-corrected chi connectivity index (χ1v) is 10.8. The molecule has 4 rings (SSSR count). The van der Waals surface area contributed by atoms with Crippen LogP contribution in [0.5, 0.6) is 0 Å². The lowest BCUT2D eigenvalue weighted by molar-refractivity contribution is 0.0936. The normalized spacial score (nSPS) is 10.9. The molecule has 3 aromatic carbocycles. The number of benzene rings is 3. The number of rotatable bonds is 7. The lowest BCUT2D eigenvalue weighted by Crippen LogP contribution is -2.27. The Morgan fingerprint density at radius 2 is 1.82 bits per heavy atom. The number of aryl methyl sites for hydroxylation is 1. The molecule has 33 heavy (non-hydrogen) atoms. The third kappa shape index (κ3) is 4.89. The van der Waals surface area contributed by atoms with Crippen LogP contribution in [-0.2, 0) is 4.74 Å². The van der Waals surface area contributed by atoms with Crippen LogP contribution >= 0.6 is 11.6 Å². The second-order valence-electron chi connectivity index (χ2n) is 7.43. The first kappa shape index (κ1) is 22.5. The number of imidazole rings is 1. The topological polar surface area (TPSA) is 85.2 Å². The molecule has 4 aromatic rings. The van der Waals surface area contributed by atoms with Crippen LogP contribution in [0.3, 0.4) is 0 Å². The van der Waals surface area contributed by atoms with Crippen LogP contribution in [0.25, 0.3) is 16.7 Å². The highest BCUT2D eigenvalue weighted by Crippen LogP contribution is 2.24. The molecular formula is C25H23ClN4O3. The Bertz CT molecular complexity index is 1320. The Hall–Kier alpha value is -3.68. The van der Waals surface area contributed by atoms with Crippen LogP contribution in [0.4, 0.5) is 5.69 Å². The Balaban J connectivity index is 1.52. The third-order valence-corrected chi connectivity index (χ3v) is 5.47. The molecule has 0 radical (unpaired) electrons. The van der Waals surface area contributed by atoms with Gasteiger partial charge in [0.15, 0.2) is 0 Å². The van der Waals surface area contributed by atoms with Gasteiger partial charge in [0.05, 0.1) is 28.2 Å². The van der Waals surface area contributed by atoms with E-state index in [1.54, 1.807) is 37.4 Å². The summed E-state index contributed by atoms with van der Waals surface area (Å²) in [6, 6.07) is 20.1. The van der Waals surface area contributed by atoms with Gasteiger partial charge in [0.2, 0.25) is 0 Å². The van der Waals surface area contributed by atoms with Crippen LogP contribution in [0.15, 0.2) is 66.7 Å². The van der Waals surface area contributed by atoms with E-state index in [0.717, 1.165) is 22.5 Å². The molecular weight excluding hydrogens is 440 g/mol. The molecule has 0 atom stereocenters. The van der Waals surface area contributed by atoms with Gasteiger partial charge in [0.1, 0.15) is 5.82 Å². The van der Waals surface area contributed by atoms with Gasteiger partial charge in [0.25, 0.3) is 11.8 Å². The van der Waals surface area contributed by atoms with Crippen LogP contribution in [0.2, 0.25) is 5.02 Å². The molecule has 0 aliphatic rings. The van der Waals surface area contributed by atoms with Crippen molar-refractivity contribution in [1.82, 2.24) is 14.9 Å². The molecule has 2 amide bonds. The summed E-state index contributed by atoms with van der Waals surface area (Å²) >= 11 is 6.27. The zero-order valence-electron chi connectivity index (χ0n) is 18.3. The number of hydrogen-bond donors (Lipinski definition) is 2. The van der Waals surface area contributed by atoms with Crippen molar-refractivity contribution in [2.45, 2.75) is 6.92 Å². The molecule has 1 aromatic heterocycles. The molecule has 0 saturated carbocycles. The average molecular weight is 463 g/mol. The van der Waals surface area contributed by atoms with Gasteiger partial charge in [-0.1, -0.05) is 29.8 Å². The fourth-order valence-electron chi connectivity index (χ4n) is 3.59. The Labute approximate surface area is 196 Å². The molecule has 7 nitrogen and oxygen atoms in total. The predicted octanol–water partition coefficient (Wildman–Crippen LogP) is 4.62. The zero-order valence-corrected chi connectivity index (χ0v) is 19.0. The van der Waals surface area contributed by atoms with Gasteiger partial charge in [-0.3, -0.25) is 14.2 Å². The van der Waals surface area contributed by atoms with Crippen molar-refractivity contribution in [2.75, 3.05) is 25.6 Å². The first-order chi connectivity index (χ1) is 16.0. The van der Waals surface area contributed by atoms with E-state index in [1.165, 1.54) is 0 Å². The maximum atomic E-state index is 12.8. The number of nitrogens with zero attached hydrogens (tertiary/aromatic N) is 2. The number of halogens is 1. The minimum Gasteiger partial charge on any atom is -0.383 e. The molecule has 2 N–H and O–H groups in total. The Morgan fingerprint density at radius 1 is 1.03 bits per heavy atom. The minimum absolute atomic E-state index is 0.246. The lowest BCUT2D eigenvalue weighted by atomic mass is 10.1. The van der Waals surface area contributed by atoms with Gasteiger partial charge < -0.3 is 15.4 Å². The number of para-hydroxylation sites is 1. The summed E-state index contributed by atoms with van der Waals surface area (Å²) in [5.74, 6) is 0.238. The van der Waals surface area contributed by atoms with E-state index in [-0.39, 0.29) is 16.8 Å². The van der Waals surface area contributed by atoms with E-state index in [2.05, 4.69) is 15.6 Å². The number of fused-ring (bicyclic) bond motifs is 1. The Kier molecular flexibility index (Phi) is 6.72. The summed E-state index contributed by atoms with van der Waals surface area (Å²) in [6.45, 7) is 2.72. The summed E-state index contributed by atoms with van der Waals surface area (Å²) in [5.41, 5.74) is 3.94. The third-order valence-electron chi connectivity index (χ3n) is 5.16. The van der Waals surface area contributed by atoms with Gasteiger partial charge in [0, 0.05) is 30.6 Å². The van der Waals surface area contributed by atoms with E-state index in [4.69, 9.17) is 16.3 Å². The van der Waals surface area contributed by atoms with E-state index < -0.39 is 0 Å². The molecule has 168 valence electrons. The van der Waals surface area contributed by atoms with E-state index >= 15 is 0 Å². The first-order valence-electron chi connectivity index (χ1n) is 10.4. The Morgan fingerprint density at radius 3 is 2.55 bits per heavy atom. The molecule has 0 unspecified atom stereocenters. The highest BCUT2D eigenvalue weighted by Gasteiger charge is 2.15. The van der Waals surface area contributed by atoms with E-state index in [9.17, 15) is 9.59 Å². The van der Waals surface area contributed by atoms with Crippen LogP contribution < -0.4 is 10.6 Å². The number of methoxy groups -OCH3 is 1. The molecule has 0 fully saturated rings. The van der Waals surface area contributed by atoms with Gasteiger partial charge in [-0.25, -0.2) is 4.98 Å². The molecule has 0 aliphatic carbocycles. The van der Waals surface area contributed by atoms with Crippen molar-refractivity contribution in [3.05, 3.63) is 88.7 Å². The molecule has 1 heterocycles. The monoisotopic (exact) mass is 462 g/mol. The summed E-state index contributed by atoms with van der Waals surface area (Å²) in [7, 11) is 1.56. The fourth-order valence-corrected chi connectivity index (χ4v) is 3.85. The smallest absolute Gasteiger partial charge is 0.255 e. The predicted molar refractivity (Wildman–Crippen MR) is 129 cm³/mol. The van der Waals surface area contributed by atoms with E-state index in [1.807, 2.05) is 47.9 Å². The van der Waals surface area contributed by atoms with Gasteiger partial charge >= 0.3 is 0 Å². The second-order valence-corrected chi connectivity index (χ2v) is 7.84. The average Bonchev–Trinajstić information content (AvgIpc) is 3.14. The summed E-state index contributed by atoms with van der Waals surface area (Å²) < 4.78 is 6.97. The summed E-state index contributed by atoms with van der Waals surface area (Å²) in [5, 5.41) is 5.79. The number of ether oxygens (including phenoxy) is 1. The maximum Gasteiger partial charge on any atom is 0.255 e. The van der Waals surface area contributed by atoms with E-state index in [0.29, 0.717) is 30.0 Å². The van der Waals surface area contributed by atoms with Gasteiger partial charge in [-0.15, -0.1) is 0 Å². The molecule has 0 spiro atoms. The van der Waals surface area contributed by atoms with Crippen molar-refractivity contribution in [2.24, 2.45) is 0 Å². The number of nitrogens with one attached hydrogen (secondary N) is 2. The fraction of sp³-hybridized carbons (Fsp3) is 0.160. The van der Waals surface area contributed by atoms with Crippen molar-refractivity contribution in [1.29, 1.82) is 0 Å². The number of carbonyl (C=O) groups is 2. The van der Waals surface area contributed by atoms with Crippen molar-refractivity contribution >= 4 is 40.1 Å². The summed E-state index contributed by atoms with van der Waals surface area (Å²) in [4.78, 5) is 29.7. The number of hydrogen-bond acceptors (Lipinski definition) is 4. The highest BCUT2D eigenvalue weighted by molar-refractivity contribution is 6.34. The number of aromatic nitrogens is 2. The number of carbonyl (C=O) groups excluding carboxylic acids is 2. The van der Waals surface area contributed by atoms with Crippen molar-refractivity contribution in [3.63, 3.8) is 0 Å². The van der Waals surface area contributed by atoms with Crippen LogP contribution in [-0.4, -0.2) is 41.6 Å². The lowest BCUT2D eigenvalue weighted by Gasteiger charge is -2.10. The van der Waals surface area contributed by atoms with Crippen LogP contribution in [0, 0.1) is 6.92 Å². The molecule has 0 aliphatic heterocycles. The SMILES string of the molecule is COCCNC(=O)c1ccc(NC(=O)c2ccc3c(c2)nc(C)n3-c2ccccc2)cc1Cl. The molecule has 0 saturated heterocycles. The molecule has 8 heteroatoms. The quantitative estimate of drug-likeness (QED) is 0.392. The molecule has 0 bridgehead atoms. The standard InChI is InChI=1S/C25H23ClN4O3/c1-16-28-22-14-17(8-11-23(22)30(16)19-6-4-3-5-7-19)24(31)29-18-9-10-20(21(26)15-18)25(32)27-12-13-33-2/h3-11,14-15H,12-13H2,1-2H3,(H,27,32)(H,29,31). The minimum atomic E-state index is -0.301. The summed E-state index contributed by atoms with van der Waals surface area (Å²) in [6.07, 6.45) is 0. The van der Waals surface area contributed by atoms with Gasteiger partial charge in [-0.05, 0) is 55.5 Å². The van der Waals surface area contributed by atoms with Gasteiger partial charge in [-0.2, -0.15) is 0 Å². The number of anilines is 1. The largest absolute Gasteiger partial charge is 0.383 e. The number of amides is 2. The zero-order chi connectivity index (χ0) is 23.4. The highest BCUT2D eigenvalue weighted by atomic mass is 35.5. The van der Waals surface area contributed by atoms with Crippen molar-refractivity contribution in [3.8, 4) is 5.69 Å².